The Labute approximate surface area is 269 Å². The average molecular weight is 639 g/mol. The largest absolute Gasteiger partial charge is 0.439 e. The zero-order valence-corrected chi connectivity index (χ0v) is 26.2. The maximum absolute atomic E-state index is 13.2. The van der Waals surface area contributed by atoms with Gasteiger partial charge in [-0.1, -0.05) is 35.0 Å². The van der Waals surface area contributed by atoms with Crippen LogP contribution in [-0.4, -0.2) is 62.0 Å². The second-order valence-corrected chi connectivity index (χ2v) is 11.8. The van der Waals surface area contributed by atoms with Crippen LogP contribution in [0, 0.1) is 5.92 Å². The van der Waals surface area contributed by atoms with Gasteiger partial charge in [-0.25, -0.2) is 14.8 Å². The second-order valence-electron chi connectivity index (χ2n) is 11.8. The first-order valence-electron chi connectivity index (χ1n) is 15.3. The minimum Gasteiger partial charge on any atom is -0.390 e. The van der Waals surface area contributed by atoms with E-state index in [0.717, 1.165) is 40.7 Å². The number of hydrogen-bond donors (Lipinski definition) is 4. The molecule has 2 aromatic heterocycles. The van der Waals surface area contributed by atoms with Gasteiger partial charge in [0.15, 0.2) is 12.1 Å². The molecule has 14 heteroatoms. The lowest BCUT2D eigenvalue weighted by molar-refractivity contribution is -0.128. The number of carbonyl (C=O) groups is 4. The van der Waals surface area contributed by atoms with Crippen LogP contribution in [0.4, 0.5) is 0 Å². The number of hydrogen-bond acceptors (Lipinski definition) is 11. The van der Waals surface area contributed by atoms with Crippen molar-refractivity contribution >= 4 is 29.5 Å². The SMILES string of the molecule is CN/C(C)=C(/C(=O)C=O)N1Cc2ccc(CNC(=O)c3cc(C(=O)N[C@H]4CCC5=C(C)C(c6noc(=O)[nH]6)=CCC54)ncn3)cc2C1. The fraction of sp³-hybridized carbons (Fsp3) is 0.333. The predicted octanol–water partition coefficient (Wildman–Crippen LogP) is 1.93. The molecule has 4 N–H and O–H groups in total. The van der Waals surface area contributed by atoms with Crippen molar-refractivity contribution in [2.24, 2.45) is 5.92 Å². The lowest BCUT2D eigenvalue weighted by Gasteiger charge is -2.26. The molecule has 1 aromatic carbocycles. The van der Waals surface area contributed by atoms with Crippen LogP contribution in [-0.2, 0) is 29.2 Å². The van der Waals surface area contributed by atoms with Gasteiger partial charge in [0.05, 0.1) is 0 Å². The third kappa shape index (κ3) is 6.26. The number of fused-ring (bicyclic) bond motifs is 2. The van der Waals surface area contributed by atoms with Crippen molar-refractivity contribution in [3.63, 3.8) is 0 Å². The number of nitrogens with zero attached hydrogens (tertiary/aromatic N) is 4. The van der Waals surface area contributed by atoms with Crippen molar-refractivity contribution < 1.29 is 23.7 Å². The molecule has 0 saturated heterocycles. The number of carbonyl (C=O) groups excluding carboxylic acids is 4. The summed E-state index contributed by atoms with van der Waals surface area (Å²) < 4.78 is 4.67. The molecule has 47 heavy (non-hydrogen) atoms. The summed E-state index contributed by atoms with van der Waals surface area (Å²) in [6.07, 6.45) is 5.73. The molecule has 2 atom stereocenters. The van der Waals surface area contributed by atoms with E-state index in [-0.39, 0.29) is 35.8 Å². The molecule has 3 heterocycles. The Morgan fingerprint density at radius 3 is 2.60 bits per heavy atom. The van der Waals surface area contributed by atoms with Crippen LogP contribution in [0.15, 0.2) is 68.5 Å². The Bertz CT molecular complexity index is 1940. The van der Waals surface area contributed by atoms with Crippen LogP contribution in [0.25, 0.3) is 5.57 Å². The highest BCUT2D eigenvalue weighted by Crippen LogP contribution is 2.43. The molecule has 2 amide bonds. The van der Waals surface area contributed by atoms with Crippen molar-refractivity contribution in [3.05, 3.63) is 104 Å². The Morgan fingerprint density at radius 2 is 1.87 bits per heavy atom. The van der Waals surface area contributed by atoms with E-state index in [2.05, 4.69) is 40.6 Å². The summed E-state index contributed by atoms with van der Waals surface area (Å²) in [5, 5.41) is 12.7. The maximum atomic E-state index is 13.2. The average Bonchev–Trinajstić information content (AvgIpc) is 3.82. The van der Waals surface area contributed by atoms with Crippen molar-refractivity contribution in [2.75, 3.05) is 7.05 Å². The quantitative estimate of drug-likeness (QED) is 0.144. The molecular weight excluding hydrogens is 604 g/mol. The van der Waals surface area contributed by atoms with E-state index in [1.807, 2.05) is 36.1 Å². The van der Waals surface area contributed by atoms with Gasteiger partial charge in [0, 0.05) is 56.0 Å². The number of ketones is 1. The molecular formula is C33H34N8O6. The number of benzene rings is 1. The lowest BCUT2D eigenvalue weighted by Crippen LogP contribution is -2.38. The van der Waals surface area contributed by atoms with E-state index >= 15 is 0 Å². The number of amides is 2. The molecule has 6 rings (SSSR count). The molecule has 1 aliphatic heterocycles. The highest BCUT2D eigenvalue weighted by Gasteiger charge is 2.36. The summed E-state index contributed by atoms with van der Waals surface area (Å²) in [5.74, 6) is -1.53. The fourth-order valence-electron chi connectivity index (χ4n) is 6.67. The van der Waals surface area contributed by atoms with E-state index in [1.165, 1.54) is 18.0 Å². The van der Waals surface area contributed by atoms with Crippen LogP contribution >= 0.6 is 0 Å². The molecule has 0 spiro atoms. The van der Waals surface area contributed by atoms with E-state index in [4.69, 9.17) is 0 Å². The van der Waals surface area contributed by atoms with Gasteiger partial charge in [0.25, 0.3) is 11.8 Å². The van der Waals surface area contributed by atoms with Crippen molar-refractivity contribution in [2.45, 2.75) is 58.8 Å². The first-order chi connectivity index (χ1) is 22.7. The monoisotopic (exact) mass is 638 g/mol. The fourth-order valence-corrected chi connectivity index (χ4v) is 6.67. The standard InChI is InChI=1S/C33H34N8O6/c1-17-22-8-9-25(24(22)7-6-23(17)30-39-33(46)47-40-30)38-32(45)27-11-26(36-16-37-27)31(44)35-12-19-4-5-20-13-41(14-21(20)10-19)29(18(2)34-3)28(43)15-42/h4-6,10-11,15-16,24-25,34H,7-9,12-14H2,1-3H3,(H,35,44)(H,38,45)(H,39,40,46)/b29-18-/t24?,25-/m0/s1. The molecule has 1 fully saturated rings. The van der Waals surface area contributed by atoms with E-state index in [1.54, 1.807) is 14.0 Å². The molecule has 2 aliphatic carbocycles. The second kappa shape index (κ2) is 13.0. The van der Waals surface area contributed by atoms with Crippen LogP contribution in [0.3, 0.4) is 0 Å². The number of H-pyrrole nitrogens is 1. The molecule has 1 saturated carbocycles. The van der Waals surface area contributed by atoms with Crippen LogP contribution in [0.2, 0.25) is 0 Å². The maximum Gasteiger partial charge on any atom is 0.439 e. The minimum atomic E-state index is -0.607. The molecule has 0 bridgehead atoms. The minimum absolute atomic E-state index is 0.0666. The molecule has 3 aromatic rings. The third-order valence-electron chi connectivity index (χ3n) is 9.10. The molecule has 3 aliphatic rings. The molecule has 242 valence electrons. The summed E-state index contributed by atoms with van der Waals surface area (Å²) in [6, 6.07) is 7.08. The van der Waals surface area contributed by atoms with Crippen molar-refractivity contribution in [1.29, 1.82) is 0 Å². The van der Waals surface area contributed by atoms with Gasteiger partial charge in [-0.3, -0.25) is 28.7 Å². The number of rotatable bonds is 10. The zero-order valence-electron chi connectivity index (χ0n) is 26.2. The van der Waals surface area contributed by atoms with Gasteiger partial charge in [-0.2, -0.15) is 0 Å². The van der Waals surface area contributed by atoms with Gasteiger partial charge in [0.2, 0.25) is 5.78 Å². The van der Waals surface area contributed by atoms with Crippen molar-refractivity contribution in [3.8, 4) is 0 Å². The highest BCUT2D eigenvalue weighted by molar-refractivity contribution is 6.33. The number of Topliss-reactive ketones (excluding diaryl/α,β-unsaturated/α-hetero) is 1. The van der Waals surface area contributed by atoms with Gasteiger partial charge in [0.1, 0.15) is 23.4 Å². The summed E-state index contributed by atoms with van der Waals surface area (Å²) in [6.45, 7) is 4.90. The Morgan fingerprint density at radius 1 is 1.11 bits per heavy atom. The smallest absolute Gasteiger partial charge is 0.390 e. The van der Waals surface area contributed by atoms with Gasteiger partial charge < -0.3 is 20.9 Å². The summed E-state index contributed by atoms with van der Waals surface area (Å²) in [5.41, 5.74) is 7.04. The van der Waals surface area contributed by atoms with Crippen LogP contribution in [0.1, 0.15) is 76.6 Å². The zero-order chi connectivity index (χ0) is 33.2. The van der Waals surface area contributed by atoms with Crippen molar-refractivity contribution in [1.82, 2.24) is 41.0 Å². The molecule has 0 radical (unpaired) electrons. The summed E-state index contributed by atoms with van der Waals surface area (Å²) in [7, 11) is 1.70. The predicted molar refractivity (Wildman–Crippen MR) is 168 cm³/mol. The Hall–Kier alpha value is -5.66. The van der Waals surface area contributed by atoms with E-state index < -0.39 is 17.4 Å². The van der Waals surface area contributed by atoms with Crippen LogP contribution in [0.5, 0.6) is 0 Å². The highest BCUT2D eigenvalue weighted by atomic mass is 16.5. The summed E-state index contributed by atoms with van der Waals surface area (Å²) >= 11 is 0. The normalized spacial score (nSPS) is 19.0. The first kappa shape index (κ1) is 31.3. The topological polar surface area (TPSA) is 192 Å². The molecule has 1 unspecified atom stereocenters. The Balaban J connectivity index is 1.07. The van der Waals surface area contributed by atoms with Gasteiger partial charge in [-0.15, -0.1) is 0 Å². The number of nitrogens with one attached hydrogen (secondary N) is 4. The molecule has 14 nitrogen and oxygen atoms in total. The Kier molecular flexibility index (Phi) is 8.66. The van der Waals surface area contributed by atoms with Crippen LogP contribution < -0.4 is 21.7 Å². The lowest BCUT2D eigenvalue weighted by atomic mass is 9.83. The van der Waals surface area contributed by atoms with E-state index in [0.29, 0.717) is 43.0 Å². The summed E-state index contributed by atoms with van der Waals surface area (Å²) in [4.78, 5) is 73.9. The first-order valence-corrected chi connectivity index (χ1v) is 15.3. The van der Waals surface area contributed by atoms with Gasteiger partial charge in [-0.05, 0) is 55.4 Å². The number of aldehydes is 1. The van der Waals surface area contributed by atoms with Gasteiger partial charge >= 0.3 is 5.76 Å². The number of allylic oxidation sites excluding steroid dienone is 5. The van der Waals surface area contributed by atoms with E-state index in [9.17, 15) is 24.0 Å². The third-order valence-corrected chi connectivity index (χ3v) is 9.10. The number of aromatic nitrogens is 4. The number of aromatic amines is 1.